The molecule has 0 heterocycles. The maximum absolute atomic E-state index is 10.4. The van der Waals surface area contributed by atoms with Crippen LogP contribution in [0.25, 0.3) is 0 Å². The predicted molar refractivity (Wildman–Crippen MR) is 174 cm³/mol. The van der Waals surface area contributed by atoms with Gasteiger partial charge >= 0.3 is 0 Å². The fraction of sp³-hybridized carbons (Fsp3) is 0.944. The van der Waals surface area contributed by atoms with E-state index in [1.165, 1.54) is 154 Å². The molecule has 0 aliphatic carbocycles. The SMILES string of the molecule is CCCCCCCC/C=C\CCCCCCCCC(O)C(N)C(O)CCCCCCCCCCCCCCC. The van der Waals surface area contributed by atoms with Gasteiger partial charge in [0.25, 0.3) is 0 Å². The maximum atomic E-state index is 10.4. The summed E-state index contributed by atoms with van der Waals surface area (Å²) < 4.78 is 0. The fourth-order valence-electron chi connectivity index (χ4n) is 5.61. The molecule has 3 unspecified atom stereocenters. The van der Waals surface area contributed by atoms with Gasteiger partial charge in [0.15, 0.2) is 0 Å². The lowest BCUT2D eigenvalue weighted by Crippen LogP contribution is -2.44. The van der Waals surface area contributed by atoms with E-state index < -0.39 is 18.2 Å². The minimum atomic E-state index is -0.571. The number of hydrogen-bond donors (Lipinski definition) is 3. The molecule has 234 valence electrons. The van der Waals surface area contributed by atoms with E-state index >= 15 is 0 Å². The van der Waals surface area contributed by atoms with E-state index in [0.29, 0.717) is 0 Å². The van der Waals surface area contributed by atoms with E-state index in [4.69, 9.17) is 5.73 Å². The minimum Gasteiger partial charge on any atom is -0.391 e. The molecule has 3 heteroatoms. The summed E-state index contributed by atoms with van der Waals surface area (Å²) >= 11 is 0. The van der Waals surface area contributed by atoms with Gasteiger partial charge in [-0.1, -0.05) is 174 Å². The third-order valence-electron chi connectivity index (χ3n) is 8.50. The van der Waals surface area contributed by atoms with Crippen LogP contribution in [0.4, 0.5) is 0 Å². The van der Waals surface area contributed by atoms with Crippen LogP contribution < -0.4 is 5.73 Å². The van der Waals surface area contributed by atoms with Crippen LogP contribution in [0.2, 0.25) is 0 Å². The van der Waals surface area contributed by atoms with Gasteiger partial charge in [0.05, 0.1) is 18.2 Å². The van der Waals surface area contributed by atoms with Crippen LogP contribution in [0.3, 0.4) is 0 Å². The van der Waals surface area contributed by atoms with Gasteiger partial charge in [0.1, 0.15) is 0 Å². The standard InChI is InChI=1S/C36H73NO2/c1-3-5-7-9-11-13-15-17-18-19-21-23-25-27-29-31-33-35(39)36(37)34(38)32-30-28-26-24-22-20-16-14-12-10-8-6-4-2/h17-18,34-36,38-39H,3-16,19-33,37H2,1-2H3/b18-17-. The Labute approximate surface area is 246 Å². The molecule has 4 N–H and O–H groups in total. The summed E-state index contributed by atoms with van der Waals surface area (Å²) in [7, 11) is 0. The summed E-state index contributed by atoms with van der Waals surface area (Å²) in [4.78, 5) is 0. The summed E-state index contributed by atoms with van der Waals surface area (Å²) in [5.41, 5.74) is 6.17. The third kappa shape index (κ3) is 28.9. The zero-order chi connectivity index (χ0) is 28.7. The fourth-order valence-corrected chi connectivity index (χ4v) is 5.61. The Kier molecular flexibility index (Phi) is 31.8. The number of aliphatic hydroxyl groups is 2. The number of aliphatic hydroxyl groups excluding tert-OH is 2. The normalized spacial score (nSPS) is 14.3. The Bertz CT molecular complexity index is 481. The van der Waals surface area contributed by atoms with Gasteiger partial charge in [-0.05, 0) is 38.5 Å². The number of nitrogens with two attached hydrogens (primary N) is 1. The van der Waals surface area contributed by atoms with Crippen molar-refractivity contribution < 1.29 is 10.2 Å². The molecule has 0 fully saturated rings. The smallest absolute Gasteiger partial charge is 0.0716 e. The van der Waals surface area contributed by atoms with Crippen molar-refractivity contribution in [2.24, 2.45) is 5.73 Å². The van der Waals surface area contributed by atoms with E-state index in [-0.39, 0.29) is 0 Å². The molecule has 0 aromatic rings. The molecule has 0 aromatic heterocycles. The average molecular weight is 552 g/mol. The van der Waals surface area contributed by atoms with Crippen LogP contribution in [0.5, 0.6) is 0 Å². The lowest BCUT2D eigenvalue weighted by molar-refractivity contribution is 0.0440. The predicted octanol–water partition coefficient (Wildman–Crippen LogP) is 10.9. The lowest BCUT2D eigenvalue weighted by atomic mass is 9.96. The second-order valence-electron chi connectivity index (χ2n) is 12.5. The van der Waals surface area contributed by atoms with Gasteiger partial charge in [-0.3, -0.25) is 0 Å². The number of allylic oxidation sites excluding steroid dienone is 2. The van der Waals surface area contributed by atoms with Gasteiger partial charge in [-0.25, -0.2) is 0 Å². The molecule has 0 saturated heterocycles. The van der Waals surface area contributed by atoms with Crippen molar-refractivity contribution in [1.29, 1.82) is 0 Å². The molecule has 0 aliphatic rings. The van der Waals surface area contributed by atoms with Crippen molar-refractivity contribution in [3.8, 4) is 0 Å². The first-order chi connectivity index (χ1) is 19.1. The zero-order valence-corrected chi connectivity index (χ0v) is 26.9. The van der Waals surface area contributed by atoms with Gasteiger partial charge < -0.3 is 15.9 Å². The molecule has 0 aliphatic heterocycles. The first-order valence-electron chi connectivity index (χ1n) is 17.9. The van der Waals surface area contributed by atoms with Crippen molar-refractivity contribution in [1.82, 2.24) is 0 Å². The van der Waals surface area contributed by atoms with Crippen molar-refractivity contribution in [3.63, 3.8) is 0 Å². The Morgan fingerprint density at radius 3 is 0.974 bits per heavy atom. The molecule has 0 bridgehead atoms. The van der Waals surface area contributed by atoms with Gasteiger partial charge in [-0.2, -0.15) is 0 Å². The van der Waals surface area contributed by atoms with Crippen LogP contribution in [-0.4, -0.2) is 28.5 Å². The summed E-state index contributed by atoms with van der Waals surface area (Å²) in [6.45, 7) is 4.55. The topological polar surface area (TPSA) is 66.5 Å². The van der Waals surface area contributed by atoms with E-state index in [1.807, 2.05) is 0 Å². The van der Waals surface area contributed by atoms with Crippen LogP contribution >= 0.6 is 0 Å². The first-order valence-corrected chi connectivity index (χ1v) is 17.9. The van der Waals surface area contributed by atoms with Crippen molar-refractivity contribution in [2.45, 2.75) is 218 Å². The Balaban J connectivity index is 3.45. The Morgan fingerprint density at radius 2 is 0.667 bits per heavy atom. The molecule has 0 amide bonds. The highest BCUT2D eigenvalue weighted by Crippen LogP contribution is 2.16. The minimum absolute atomic E-state index is 0.495. The van der Waals surface area contributed by atoms with Crippen molar-refractivity contribution >= 4 is 0 Å². The Hall–Kier alpha value is -0.380. The molecule has 3 nitrogen and oxygen atoms in total. The second kappa shape index (κ2) is 32.1. The highest BCUT2D eigenvalue weighted by Gasteiger charge is 2.22. The van der Waals surface area contributed by atoms with E-state index in [2.05, 4.69) is 26.0 Å². The van der Waals surface area contributed by atoms with Gasteiger partial charge in [0.2, 0.25) is 0 Å². The molecule has 0 spiro atoms. The highest BCUT2D eigenvalue weighted by molar-refractivity contribution is 4.81. The monoisotopic (exact) mass is 552 g/mol. The molecule has 0 aromatic carbocycles. The van der Waals surface area contributed by atoms with Crippen LogP contribution in [0.1, 0.15) is 200 Å². The molecule has 3 atom stereocenters. The molecular weight excluding hydrogens is 478 g/mol. The summed E-state index contributed by atoms with van der Waals surface area (Å²) in [6.07, 6.45) is 40.4. The number of hydrogen-bond acceptors (Lipinski definition) is 3. The summed E-state index contributed by atoms with van der Waals surface area (Å²) in [5.74, 6) is 0. The largest absolute Gasteiger partial charge is 0.391 e. The van der Waals surface area contributed by atoms with E-state index in [9.17, 15) is 10.2 Å². The quantitative estimate of drug-likeness (QED) is 0.0575. The van der Waals surface area contributed by atoms with Crippen LogP contribution in [0.15, 0.2) is 12.2 Å². The zero-order valence-electron chi connectivity index (χ0n) is 26.9. The lowest BCUT2D eigenvalue weighted by Gasteiger charge is -2.24. The highest BCUT2D eigenvalue weighted by atomic mass is 16.3. The second-order valence-corrected chi connectivity index (χ2v) is 12.5. The van der Waals surface area contributed by atoms with Gasteiger partial charge in [-0.15, -0.1) is 0 Å². The summed E-state index contributed by atoms with van der Waals surface area (Å²) in [6, 6.07) is -0.495. The van der Waals surface area contributed by atoms with Crippen LogP contribution in [-0.2, 0) is 0 Å². The third-order valence-corrected chi connectivity index (χ3v) is 8.50. The average Bonchev–Trinajstić information content (AvgIpc) is 2.94. The van der Waals surface area contributed by atoms with Crippen LogP contribution in [0, 0.1) is 0 Å². The number of rotatable bonds is 32. The molecule has 0 saturated carbocycles. The van der Waals surface area contributed by atoms with Crippen molar-refractivity contribution in [3.05, 3.63) is 12.2 Å². The van der Waals surface area contributed by atoms with E-state index in [1.54, 1.807) is 0 Å². The van der Waals surface area contributed by atoms with E-state index in [0.717, 1.165) is 32.1 Å². The molecule has 0 rings (SSSR count). The molecular formula is C36H73NO2. The first kappa shape index (κ1) is 38.6. The summed E-state index contributed by atoms with van der Waals surface area (Å²) in [5, 5.41) is 20.8. The van der Waals surface area contributed by atoms with Crippen molar-refractivity contribution in [2.75, 3.05) is 0 Å². The molecule has 39 heavy (non-hydrogen) atoms. The Morgan fingerprint density at radius 1 is 0.410 bits per heavy atom. The maximum Gasteiger partial charge on any atom is 0.0716 e. The van der Waals surface area contributed by atoms with Gasteiger partial charge in [0, 0.05) is 0 Å². The number of unbranched alkanes of at least 4 members (excludes halogenated alkanes) is 24. The molecule has 0 radical (unpaired) electrons.